The summed E-state index contributed by atoms with van der Waals surface area (Å²) >= 11 is 1.74. The van der Waals surface area contributed by atoms with Gasteiger partial charge in [0.15, 0.2) is 5.13 Å². The van der Waals surface area contributed by atoms with E-state index in [0.29, 0.717) is 0 Å². The van der Waals surface area contributed by atoms with E-state index >= 15 is 0 Å². The highest BCUT2D eigenvalue weighted by Gasteiger charge is 1.98. The summed E-state index contributed by atoms with van der Waals surface area (Å²) in [4.78, 5) is 7.77. The van der Waals surface area contributed by atoms with Gasteiger partial charge in [-0.05, 0) is 20.5 Å². The molecule has 1 rings (SSSR count). The number of rotatable bonds is 5. The van der Waals surface area contributed by atoms with Crippen molar-refractivity contribution in [3.63, 3.8) is 0 Å². The lowest BCUT2D eigenvalue weighted by Gasteiger charge is -2.08. The van der Waals surface area contributed by atoms with Crippen LogP contribution >= 0.6 is 11.3 Å². The second-order valence-corrected chi connectivity index (χ2v) is 4.33. The highest BCUT2D eigenvalue weighted by molar-refractivity contribution is 7.15. The summed E-state index contributed by atoms with van der Waals surface area (Å²) in [6.07, 6.45) is 3.02. The van der Waals surface area contributed by atoms with Crippen molar-refractivity contribution >= 4 is 16.5 Å². The van der Waals surface area contributed by atoms with Gasteiger partial charge in [0, 0.05) is 24.2 Å². The SMILES string of the molecule is CCc1cnc(NCCN(C)C)s1. The van der Waals surface area contributed by atoms with E-state index in [4.69, 9.17) is 0 Å². The summed E-state index contributed by atoms with van der Waals surface area (Å²) in [5.74, 6) is 0. The van der Waals surface area contributed by atoms with Gasteiger partial charge < -0.3 is 10.2 Å². The van der Waals surface area contributed by atoms with Crippen LogP contribution in [-0.4, -0.2) is 37.1 Å². The predicted molar refractivity (Wildman–Crippen MR) is 58.5 cm³/mol. The monoisotopic (exact) mass is 199 g/mol. The smallest absolute Gasteiger partial charge is 0.182 e. The zero-order valence-electron chi connectivity index (χ0n) is 8.50. The van der Waals surface area contributed by atoms with Crippen LogP contribution < -0.4 is 5.32 Å². The first kappa shape index (κ1) is 10.5. The van der Waals surface area contributed by atoms with Crippen molar-refractivity contribution in [1.82, 2.24) is 9.88 Å². The molecule has 1 N–H and O–H groups in total. The Balaban J connectivity index is 2.28. The van der Waals surface area contributed by atoms with Crippen molar-refractivity contribution in [3.05, 3.63) is 11.1 Å². The van der Waals surface area contributed by atoms with E-state index in [1.807, 2.05) is 6.20 Å². The maximum atomic E-state index is 4.27. The molecule has 0 fully saturated rings. The molecular formula is C9H17N3S. The lowest BCUT2D eigenvalue weighted by atomic mass is 10.4. The minimum atomic E-state index is 0.962. The summed E-state index contributed by atoms with van der Waals surface area (Å²) in [5.41, 5.74) is 0. The largest absolute Gasteiger partial charge is 0.360 e. The van der Waals surface area contributed by atoms with E-state index in [-0.39, 0.29) is 0 Å². The molecule has 1 aromatic heterocycles. The molecule has 0 aliphatic carbocycles. The Labute approximate surface area is 83.8 Å². The molecule has 13 heavy (non-hydrogen) atoms. The van der Waals surface area contributed by atoms with Gasteiger partial charge in [-0.15, -0.1) is 11.3 Å². The summed E-state index contributed by atoms with van der Waals surface area (Å²) in [7, 11) is 4.14. The molecular weight excluding hydrogens is 182 g/mol. The highest BCUT2D eigenvalue weighted by Crippen LogP contribution is 2.17. The highest BCUT2D eigenvalue weighted by atomic mass is 32.1. The Morgan fingerprint density at radius 3 is 2.85 bits per heavy atom. The van der Waals surface area contributed by atoms with Gasteiger partial charge in [-0.2, -0.15) is 0 Å². The summed E-state index contributed by atoms with van der Waals surface area (Å²) < 4.78 is 0. The average molecular weight is 199 g/mol. The van der Waals surface area contributed by atoms with E-state index < -0.39 is 0 Å². The van der Waals surface area contributed by atoms with Crippen LogP contribution in [0.3, 0.4) is 0 Å². The van der Waals surface area contributed by atoms with Crippen LogP contribution in [0.4, 0.5) is 5.13 Å². The van der Waals surface area contributed by atoms with Crippen LogP contribution in [0.15, 0.2) is 6.20 Å². The molecule has 0 aromatic carbocycles. The number of nitrogens with zero attached hydrogens (tertiary/aromatic N) is 2. The average Bonchev–Trinajstić information content (AvgIpc) is 2.52. The second kappa shape index (κ2) is 5.19. The number of anilines is 1. The number of aryl methyl sites for hydroxylation is 1. The van der Waals surface area contributed by atoms with Crippen LogP contribution in [0.1, 0.15) is 11.8 Å². The molecule has 0 unspecified atom stereocenters. The van der Waals surface area contributed by atoms with Gasteiger partial charge in [-0.3, -0.25) is 0 Å². The standard InChI is InChI=1S/C9H17N3S/c1-4-8-7-11-9(13-8)10-5-6-12(2)3/h7H,4-6H2,1-3H3,(H,10,11). The molecule has 0 amide bonds. The summed E-state index contributed by atoms with van der Waals surface area (Å²) in [6, 6.07) is 0. The van der Waals surface area contributed by atoms with Gasteiger partial charge in [-0.25, -0.2) is 4.98 Å². The third kappa shape index (κ3) is 3.74. The first-order chi connectivity index (χ1) is 6.22. The van der Waals surface area contributed by atoms with Gasteiger partial charge in [0.1, 0.15) is 0 Å². The third-order valence-electron chi connectivity index (χ3n) is 1.74. The maximum Gasteiger partial charge on any atom is 0.182 e. The first-order valence-electron chi connectivity index (χ1n) is 4.55. The lowest BCUT2D eigenvalue weighted by Crippen LogP contribution is -2.20. The maximum absolute atomic E-state index is 4.27. The van der Waals surface area contributed by atoms with Crippen molar-refractivity contribution in [2.45, 2.75) is 13.3 Å². The number of hydrogen-bond acceptors (Lipinski definition) is 4. The second-order valence-electron chi connectivity index (χ2n) is 3.22. The minimum Gasteiger partial charge on any atom is -0.360 e. The van der Waals surface area contributed by atoms with E-state index in [2.05, 4.69) is 36.2 Å². The Kier molecular flexibility index (Phi) is 4.18. The van der Waals surface area contributed by atoms with Gasteiger partial charge in [0.05, 0.1) is 0 Å². The number of likely N-dealkylation sites (N-methyl/N-ethyl adjacent to an activating group) is 1. The molecule has 0 aliphatic heterocycles. The van der Waals surface area contributed by atoms with Crippen LogP contribution in [0.25, 0.3) is 0 Å². The fourth-order valence-corrected chi connectivity index (χ4v) is 1.72. The molecule has 0 aliphatic rings. The Hall–Kier alpha value is -0.610. The zero-order valence-corrected chi connectivity index (χ0v) is 9.32. The van der Waals surface area contributed by atoms with Crippen molar-refractivity contribution in [3.8, 4) is 0 Å². The van der Waals surface area contributed by atoms with E-state index in [0.717, 1.165) is 24.6 Å². The number of aromatic nitrogens is 1. The molecule has 0 radical (unpaired) electrons. The minimum absolute atomic E-state index is 0.962. The Morgan fingerprint density at radius 1 is 1.54 bits per heavy atom. The molecule has 0 atom stereocenters. The molecule has 4 heteroatoms. The van der Waals surface area contributed by atoms with Gasteiger partial charge in [-0.1, -0.05) is 6.92 Å². The number of hydrogen-bond donors (Lipinski definition) is 1. The summed E-state index contributed by atoms with van der Waals surface area (Å²) in [6.45, 7) is 4.15. The van der Waals surface area contributed by atoms with Gasteiger partial charge in [0.2, 0.25) is 0 Å². The Morgan fingerprint density at radius 2 is 2.31 bits per heavy atom. The van der Waals surface area contributed by atoms with Crippen molar-refractivity contribution < 1.29 is 0 Å². The molecule has 1 heterocycles. The topological polar surface area (TPSA) is 28.2 Å². The summed E-state index contributed by atoms with van der Waals surface area (Å²) in [5, 5.41) is 4.34. The molecule has 0 saturated heterocycles. The van der Waals surface area contributed by atoms with Crippen LogP contribution in [0.5, 0.6) is 0 Å². The van der Waals surface area contributed by atoms with Crippen LogP contribution in [-0.2, 0) is 6.42 Å². The number of nitrogens with one attached hydrogen (secondary N) is 1. The molecule has 0 bridgehead atoms. The fraction of sp³-hybridized carbons (Fsp3) is 0.667. The molecule has 74 valence electrons. The predicted octanol–water partition coefficient (Wildman–Crippen LogP) is 1.68. The lowest BCUT2D eigenvalue weighted by molar-refractivity contribution is 0.425. The molecule has 0 spiro atoms. The van der Waals surface area contributed by atoms with E-state index in [1.165, 1.54) is 4.88 Å². The normalized spacial score (nSPS) is 10.8. The molecule has 1 aromatic rings. The van der Waals surface area contributed by atoms with Crippen LogP contribution in [0, 0.1) is 0 Å². The third-order valence-corrected chi connectivity index (χ3v) is 2.84. The van der Waals surface area contributed by atoms with Gasteiger partial charge >= 0.3 is 0 Å². The Bertz CT molecular complexity index is 245. The number of thiazole rings is 1. The van der Waals surface area contributed by atoms with Crippen molar-refractivity contribution in [2.75, 3.05) is 32.5 Å². The van der Waals surface area contributed by atoms with Crippen LogP contribution in [0.2, 0.25) is 0 Å². The van der Waals surface area contributed by atoms with Gasteiger partial charge in [0.25, 0.3) is 0 Å². The first-order valence-corrected chi connectivity index (χ1v) is 5.37. The molecule has 3 nitrogen and oxygen atoms in total. The quantitative estimate of drug-likeness (QED) is 0.782. The van der Waals surface area contributed by atoms with E-state index in [9.17, 15) is 0 Å². The fourth-order valence-electron chi connectivity index (χ4n) is 0.939. The zero-order chi connectivity index (χ0) is 9.68. The molecule has 0 saturated carbocycles. The van der Waals surface area contributed by atoms with E-state index in [1.54, 1.807) is 11.3 Å². The van der Waals surface area contributed by atoms with Crippen molar-refractivity contribution in [2.24, 2.45) is 0 Å². The van der Waals surface area contributed by atoms with Crippen molar-refractivity contribution in [1.29, 1.82) is 0 Å².